The van der Waals surface area contributed by atoms with E-state index in [1.165, 1.54) is 11.3 Å². The molecule has 112 valence electrons. The zero-order valence-electron chi connectivity index (χ0n) is 12.4. The number of hydrogen-bond donors (Lipinski definition) is 2. The van der Waals surface area contributed by atoms with Crippen LogP contribution in [-0.2, 0) is 0 Å². The van der Waals surface area contributed by atoms with Gasteiger partial charge >= 0.3 is 0 Å². The van der Waals surface area contributed by atoms with Gasteiger partial charge in [0.15, 0.2) is 0 Å². The zero-order chi connectivity index (χ0) is 15.2. The van der Waals surface area contributed by atoms with Crippen LogP contribution in [0.1, 0.15) is 29.9 Å². The number of amides is 1. The second-order valence-corrected chi connectivity index (χ2v) is 6.44. The summed E-state index contributed by atoms with van der Waals surface area (Å²) >= 11 is 1.42. The van der Waals surface area contributed by atoms with E-state index >= 15 is 0 Å². The Labute approximate surface area is 129 Å². The maximum atomic E-state index is 12.3. The van der Waals surface area contributed by atoms with E-state index in [4.69, 9.17) is 0 Å². The Balaban J connectivity index is 2.03. The molecule has 0 aliphatic heterocycles. The van der Waals surface area contributed by atoms with Gasteiger partial charge in [-0.3, -0.25) is 4.79 Å². The molecule has 1 aromatic carbocycles. The molecule has 1 amide bonds. The van der Waals surface area contributed by atoms with Crippen LogP contribution in [0.5, 0.6) is 0 Å². The van der Waals surface area contributed by atoms with Crippen LogP contribution >= 0.6 is 11.3 Å². The molecule has 0 fully saturated rings. The normalized spacial score (nSPS) is 12.4. The van der Waals surface area contributed by atoms with Crippen LogP contribution in [0.25, 0.3) is 11.1 Å². The van der Waals surface area contributed by atoms with E-state index in [2.05, 4.69) is 19.2 Å². The monoisotopic (exact) mass is 303 g/mol. The van der Waals surface area contributed by atoms with Crippen molar-refractivity contribution in [3.63, 3.8) is 0 Å². The Kier molecular flexibility index (Phi) is 5.53. The second kappa shape index (κ2) is 7.38. The number of carbonyl (C=O) groups is 1. The van der Waals surface area contributed by atoms with Gasteiger partial charge < -0.3 is 10.4 Å². The first kappa shape index (κ1) is 15.7. The van der Waals surface area contributed by atoms with Gasteiger partial charge in [0.25, 0.3) is 5.91 Å². The van der Waals surface area contributed by atoms with E-state index in [-0.39, 0.29) is 5.91 Å². The summed E-state index contributed by atoms with van der Waals surface area (Å²) in [6, 6.07) is 11.8. The number of hydrogen-bond acceptors (Lipinski definition) is 3. The molecule has 0 bridgehead atoms. The lowest BCUT2D eigenvalue weighted by Crippen LogP contribution is -2.32. The first-order valence-corrected chi connectivity index (χ1v) is 8.05. The van der Waals surface area contributed by atoms with Crippen LogP contribution in [0.3, 0.4) is 0 Å². The third kappa shape index (κ3) is 4.41. The summed E-state index contributed by atoms with van der Waals surface area (Å²) in [5, 5.41) is 14.6. The highest BCUT2D eigenvalue weighted by Crippen LogP contribution is 2.28. The molecule has 0 aliphatic carbocycles. The molecule has 2 rings (SSSR count). The lowest BCUT2D eigenvalue weighted by atomic mass is 10.1. The van der Waals surface area contributed by atoms with Gasteiger partial charge in [-0.2, -0.15) is 0 Å². The van der Waals surface area contributed by atoms with E-state index < -0.39 is 6.10 Å². The molecule has 4 heteroatoms. The minimum absolute atomic E-state index is 0.119. The third-order valence-electron chi connectivity index (χ3n) is 3.20. The summed E-state index contributed by atoms with van der Waals surface area (Å²) in [6.45, 7) is 4.40. The van der Waals surface area contributed by atoms with E-state index in [0.29, 0.717) is 23.8 Å². The van der Waals surface area contributed by atoms with Crippen molar-refractivity contribution in [1.29, 1.82) is 0 Å². The van der Waals surface area contributed by atoms with Crippen LogP contribution in [-0.4, -0.2) is 23.7 Å². The Morgan fingerprint density at radius 1 is 1.24 bits per heavy atom. The van der Waals surface area contributed by atoms with Gasteiger partial charge in [-0.25, -0.2) is 0 Å². The molecule has 1 atom stereocenters. The average molecular weight is 303 g/mol. The van der Waals surface area contributed by atoms with E-state index in [1.807, 2.05) is 41.8 Å². The maximum Gasteiger partial charge on any atom is 0.262 e. The zero-order valence-corrected chi connectivity index (χ0v) is 13.2. The van der Waals surface area contributed by atoms with Gasteiger partial charge in [-0.15, -0.1) is 11.3 Å². The minimum atomic E-state index is -0.492. The smallest absolute Gasteiger partial charge is 0.262 e. The van der Waals surface area contributed by atoms with Crippen molar-refractivity contribution in [2.45, 2.75) is 26.4 Å². The van der Waals surface area contributed by atoms with Crippen molar-refractivity contribution < 1.29 is 9.90 Å². The average Bonchev–Trinajstić information content (AvgIpc) is 2.94. The molecule has 2 aromatic rings. The van der Waals surface area contributed by atoms with Gasteiger partial charge in [-0.05, 0) is 29.3 Å². The van der Waals surface area contributed by atoms with Crippen LogP contribution in [0.4, 0.5) is 0 Å². The number of carbonyl (C=O) groups excluding carboxylic acids is 1. The largest absolute Gasteiger partial charge is 0.391 e. The number of benzene rings is 1. The summed E-state index contributed by atoms with van der Waals surface area (Å²) in [5.74, 6) is 0.296. The standard InChI is InChI=1S/C17H21NO2S/c1-12(2)10-14(19)11-18-17(20)16-15(8-9-21-16)13-6-4-3-5-7-13/h3-9,12,14,19H,10-11H2,1-2H3,(H,18,20). The second-order valence-electron chi connectivity index (χ2n) is 5.52. The fourth-order valence-corrected chi connectivity index (χ4v) is 3.08. The predicted octanol–water partition coefficient (Wildman–Crippen LogP) is 3.55. The first-order chi connectivity index (χ1) is 10.1. The SMILES string of the molecule is CC(C)CC(O)CNC(=O)c1sccc1-c1ccccc1. The topological polar surface area (TPSA) is 49.3 Å². The van der Waals surface area contributed by atoms with Crippen LogP contribution in [0.15, 0.2) is 41.8 Å². The molecular formula is C17H21NO2S. The lowest BCUT2D eigenvalue weighted by molar-refractivity contribution is 0.0904. The van der Waals surface area contributed by atoms with E-state index in [1.54, 1.807) is 0 Å². The Bertz CT molecular complexity index is 577. The number of aliphatic hydroxyl groups is 1. The molecule has 0 spiro atoms. The Hall–Kier alpha value is -1.65. The quantitative estimate of drug-likeness (QED) is 0.857. The van der Waals surface area contributed by atoms with Gasteiger partial charge in [0, 0.05) is 12.1 Å². The summed E-state index contributed by atoms with van der Waals surface area (Å²) in [5.41, 5.74) is 1.98. The molecule has 1 heterocycles. The number of thiophene rings is 1. The van der Waals surface area contributed by atoms with Crippen molar-refractivity contribution in [2.24, 2.45) is 5.92 Å². The Morgan fingerprint density at radius 2 is 1.95 bits per heavy atom. The molecule has 3 nitrogen and oxygen atoms in total. The fourth-order valence-electron chi connectivity index (χ4n) is 2.25. The molecule has 0 saturated heterocycles. The molecular weight excluding hydrogens is 282 g/mol. The van der Waals surface area contributed by atoms with Crippen LogP contribution in [0, 0.1) is 5.92 Å². The predicted molar refractivity (Wildman–Crippen MR) is 87.6 cm³/mol. The molecule has 21 heavy (non-hydrogen) atoms. The maximum absolute atomic E-state index is 12.3. The highest BCUT2D eigenvalue weighted by Gasteiger charge is 2.15. The van der Waals surface area contributed by atoms with Crippen LogP contribution in [0.2, 0.25) is 0 Å². The van der Waals surface area contributed by atoms with Crippen LogP contribution < -0.4 is 5.32 Å². The molecule has 0 radical (unpaired) electrons. The molecule has 1 aromatic heterocycles. The van der Waals surface area contributed by atoms with Gasteiger partial charge in [0.2, 0.25) is 0 Å². The highest BCUT2D eigenvalue weighted by molar-refractivity contribution is 7.12. The minimum Gasteiger partial charge on any atom is -0.391 e. The summed E-state index contributed by atoms with van der Waals surface area (Å²) < 4.78 is 0. The fraction of sp³-hybridized carbons (Fsp3) is 0.353. The molecule has 1 unspecified atom stereocenters. The summed E-state index contributed by atoms with van der Waals surface area (Å²) in [6.07, 6.45) is 0.199. The van der Waals surface area contributed by atoms with Crippen molar-refractivity contribution in [1.82, 2.24) is 5.32 Å². The van der Waals surface area contributed by atoms with Crippen molar-refractivity contribution in [3.05, 3.63) is 46.7 Å². The Morgan fingerprint density at radius 3 is 2.62 bits per heavy atom. The van der Waals surface area contributed by atoms with Gasteiger partial charge in [0.1, 0.15) is 0 Å². The van der Waals surface area contributed by atoms with E-state index in [0.717, 1.165) is 11.1 Å². The van der Waals surface area contributed by atoms with Gasteiger partial charge in [0.05, 0.1) is 11.0 Å². The van der Waals surface area contributed by atoms with Crippen molar-refractivity contribution in [2.75, 3.05) is 6.54 Å². The van der Waals surface area contributed by atoms with Gasteiger partial charge in [-0.1, -0.05) is 44.2 Å². The molecule has 2 N–H and O–H groups in total. The first-order valence-electron chi connectivity index (χ1n) is 7.17. The van der Waals surface area contributed by atoms with Crippen molar-refractivity contribution in [3.8, 4) is 11.1 Å². The van der Waals surface area contributed by atoms with Crippen molar-refractivity contribution >= 4 is 17.2 Å². The van der Waals surface area contributed by atoms with E-state index in [9.17, 15) is 9.90 Å². The number of aliphatic hydroxyl groups excluding tert-OH is 1. The molecule has 0 saturated carbocycles. The number of nitrogens with one attached hydrogen (secondary N) is 1. The number of rotatable bonds is 6. The summed E-state index contributed by atoms with van der Waals surface area (Å²) in [4.78, 5) is 13.0. The third-order valence-corrected chi connectivity index (χ3v) is 4.11. The highest BCUT2D eigenvalue weighted by atomic mass is 32.1. The summed E-state index contributed by atoms with van der Waals surface area (Å²) in [7, 11) is 0. The lowest BCUT2D eigenvalue weighted by Gasteiger charge is -2.14. The molecule has 0 aliphatic rings.